The SMILES string of the molecule is CCN(CC(=O)N(C)C)C(=O)CCOc1ccccc1N. The first-order valence-electron chi connectivity index (χ1n) is 6.91. The van der Waals surface area contributed by atoms with Gasteiger partial charge in [-0.15, -0.1) is 0 Å². The molecule has 0 aliphatic rings. The van der Waals surface area contributed by atoms with E-state index in [0.29, 0.717) is 18.0 Å². The zero-order chi connectivity index (χ0) is 15.8. The number of carbonyl (C=O) groups excluding carboxylic acids is 2. The molecule has 2 N–H and O–H groups in total. The quantitative estimate of drug-likeness (QED) is 0.760. The van der Waals surface area contributed by atoms with E-state index in [4.69, 9.17) is 10.5 Å². The average Bonchev–Trinajstić information content (AvgIpc) is 2.46. The van der Waals surface area contributed by atoms with Crippen molar-refractivity contribution in [3.63, 3.8) is 0 Å². The molecular weight excluding hydrogens is 270 g/mol. The second-order valence-corrected chi connectivity index (χ2v) is 4.83. The monoisotopic (exact) mass is 293 g/mol. The van der Waals surface area contributed by atoms with Crippen LogP contribution in [-0.4, -0.2) is 55.4 Å². The summed E-state index contributed by atoms with van der Waals surface area (Å²) in [5.74, 6) is 0.360. The molecule has 0 fully saturated rings. The zero-order valence-corrected chi connectivity index (χ0v) is 12.8. The van der Waals surface area contributed by atoms with Crippen molar-refractivity contribution in [2.75, 3.05) is 39.5 Å². The predicted molar refractivity (Wildman–Crippen MR) is 81.9 cm³/mol. The van der Waals surface area contributed by atoms with Crippen molar-refractivity contribution in [1.29, 1.82) is 0 Å². The van der Waals surface area contributed by atoms with Crippen LogP contribution in [0.5, 0.6) is 5.75 Å². The average molecular weight is 293 g/mol. The van der Waals surface area contributed by atoms with Gasteiger partial charge in [-0.1, -0.05) is 12.1 Å². The number of anilines is 1. The molecule has 1 aromatic carbocycles. The number of carbonyl (C=O) groups is 2. The van der Waals surface area contributed by atoms with Crippen molar-refractivity contribution < 1.29 is 14.3 Å². The summed E-state index contributed by atoms with van der Waals surface area (Å²) in [6.45, 7) is 2.66. The Labute approximate surface area is 125 Å². The van der Waals surface area contributed by atoms with Gasteiger partial charge in [-0.05, 0) is 19.1 Å². The van der Waals surface area contributed by atoms with Crippen molar-refractivity contribution >= 4 is 17.5 Å². The summed E-state index contributed by atoms with van der Waals surface area (Å²) in [7, 11) is 3.34. The number of ether oxygens (including phenoxy) is 1. The molecule has 0 aliphatic heterocycles. The van der Waals surface area contributed by atoms with Crippen molar-refractivity contribution in [3.8, 4) is 5.75 Å². The van der Waals surface area contributed by atoms with Crippen molar-refractivity contribution in [2.24, 2.45) is 0 Å². The highest BCUT2D eigenvalue weighted by Crippen LogP contribution is 2.19. The summed E-state index contributed by atoms with van der Waals surface area (Å²) in [6, 6.07) is 7.14. The van der Waals surface area contributed by atoms with Gasteiger partial charge >= 0.3 is 0 Å². The lowest BCUT2D eigenvalue weighted by Crippen LogP contribution is -2.40. The Kier molecular flexibility index (Phi) is 6.52. The first-order valence-corrected chi connectivity index (χ1v) is 6.91. The van der Waals surface area contributed by atoms with E-state index in [1.807, 2.05) is 19.1 Å². The van der Waals surface area contributed by atoms with Crippen molar-refractivity contribution in [1.82, 2.24) is 9.80 Å². The lowest BCUT2D eigenvalue weighted by molar-refractivity contribution is -0.139. The Morgan fingerprint density at radius 2 is 1.86 bits per heavy atom. The molecule has 0 saturated carbocycles. The van der Waals surface area contributed by atoms with Gasteiger partial charge < -0.3 is 20.3 Å². The summed E-state index contributed by atoms with van der Waals surface area (Å²) in [4.78, 5) is 26.7. The molecule has 1 rings (SSSR count). The van der Waals surface area contributed by atoms with Crippen molar-refractivity contribution in [2.45, 2.75) is 13.3 Å². The number of likely N-dealkylation sites (N-methyl/N-ethyl adjacent to an activating group) is 2. The maximum Gasteiger partial charge on any atom is 0.241 e. The van der Waals surface area contributed by atoms with Crippen LogP contribution in [-0.2, 0) is 9.59 Å². The van der Waals surface area contributed by atoms with Crippen LogP contribution < -0.4 is 10.5 Å². The molecular formula is C15H23N3O3. The van der Waals surface area contributed by atoms with E-state index in [0.717, 1.165) is 0 Å². The van der Waals surface area contributed by atoms with E-state index >= 15 is 0 Å². The molecule has 6 heteroatoms. The standard InChI is InChI=1S/C15H23N3O3/c1-4-18(11-15(20)17(2)3)14(19)9-10-21-13-8-6-5-7-12(13)16/h5-8H,4,9-11,16H2,1-3H3. The zero-order valence-electron chi connectivity index (χ0n) is 12.8. The largest absolute Gasteiger partial charge is 0.491 e. The number of amides is 2. The second-order valence-electron chi connectivity index (χ2n) is 4.83. The summed E-state index contributed by atoms with van der Waals surface area (Å²) in [5.41, 5.74) is 6.29. The van der Waals surface area contributed by atoms with Crippen LogP contribution in [0.2, 0.25) is 0 Å². The Hall–Kier alpha value is -2.24. The fourth-order valence-electron chi connectivity index (χ4n) is 1.70. The topological polar surface area (TPSA) is 75.9 Å². The Bertz CT molecular complexity index is 489. The van der Waals surface area contributed by atoms with Crippen LogP contribution in [0.25, 0.3) is 0 Å². The summed E-state index contributed by atoms with van der Waals surface area (Å²) in [5, 5.41) is 0. The van der Waals surface area contributed by atoms with E-state index in [-0.39, 0.29) is 31.4 Å². The molecule has 0 heterocycles. The number of rotatable bonds is 7. The van der Waals surface area contributed by atoms with Gasteiger partial charge in [0.25, 0.3) is 0 Å². The maximum atomic E-state index is 12.1. The molecule has 0 saturated heterocycles. The molecule has 0 spiro atoms. The first-order chi connectivity index (χ1) is 9.95. The van der Waals surface area contributed by atoms with Gasteiger partial charge in [-0.25, -0.2) is 0 Å². The lowest BCUT2D eigenvalue weighted by atomic mass is 10.3. The molecule has 116 valence electrons. The van der Waals surface area contributed by atoms with Crippen LogP contribution in [0.3, 0.4) is 0 Å². The molecule has 21 heavy (non-hydrogen) atoms. The number of nitrogen functional groups attached to an aromatic ring is 1. The number of nitrogens with two attached hydrogens (primary N) is 1. The van der Waals surface area contributed by atoms with E-state index < -0.39 is 0 Å². The minimum absolute atomic E-state index is 0.0931. The van der Waals surface area contributed by atoms with Gasteiger partial charge in [0, 0.05) is 20.6 Å². The molecule has 0 radical (unpaired) electrons. The molecule has 0 atom stereocenters. The summed E-state index contributed by atoms with van der Waals surface area (Å²) in [6.07, 6.45) is 0.211. The highest BCUT2D eigenvalue weighted by molar-refractivity contribution is 5.84. The lowest BCUT2D eigenvalue weighted by Gasteiger charge is -2.22. The number of benzene rings is 1. The third kappa shape index (κ3) is 5.33. The third-order valence-electron chi connectivity index (χ3n) is 3.05. The van der Waals surface area contributed by atoms with E-state index in [2.05, 4.69) is 0 Å². The van der Waals surface area contributed by atoms with Crippen LogP contribution in [0.15, 0.2) is 24.3 Å². The number of para-hydroxylation sites is 2. The highest BCUT2D eigenvalue weighted by Gasteiger charge is 2.16. The van der Waals surface area contributed by atoms with Crippen molar-refractivity contribution in [3.05, 3.63) is 24.3 Å². The molecule has 6 nitrogen and oxygen atoms in total. The molecule has 0 bridgehead atoms. The minimum Gasteiger partial charge on any atom is -0.491 e. The molecule has 0 unspecified atom stereocenters. The third-order valence-corrected chi connectivity index (χ3v) is 3.05. The fraction of sp³-hybridized carbons (Fsp3) is 0.467. The predicted octanol–water partition coefficient (Wildman–Crippen LogP) is 0.974. The van der Waals surface area contributed by atoms with Crippen LogP contribution >= 0.6 is 0 Å². The normalized spacial score (nSPS) is 10.0. The molecule has 0 aliphatic carbocycles. The Morgan fingerprint density at radius 3 is 2.43 bits per heavy atom. The highest BCUT2D eigenvalue weighted by atomic mass is 16.5. The second kappa shape index (κ2) is 8.14. The van der Waals surface area contributed by atoms with E-state index in [1.165, 1.54) is 9.80 Å². The van der Waals surface area contributed by atoms with Gasteiger partial charge in [-0.3, -0.25) is 9.59 Å². The van der Waals surface area contributed by atoms with Crippen LogP contribution in [0.1, 0.15) is 13.3 Å². The smallest absolute Gasteiger partial charge is 0.241 e. The number of nitrogens with zero attached hydrogens (tertiary/aromatic N) is 2. The summed E-state index contributed by atoms with van der Waals surface area (Å²) >= 11 is 0. The molecule has 2 amide bonds. The number of hydrogen-bond donors (Lipinski definition) is 1. The minimum atomic E-state index is -0.109. The van der Waals surface area contributed by atoms with E-state index in [1.54, 1.807) is 26.2 Å². The Morgan fingerprint density at radius 1 is 1.19 bits per heavy atom. The van der Waals surface area contributed by atoms with Gasteiger partial charge in [0.15, 0.2) is 0 Å². The summed E-state index contributed by atoms with van der Waals surface area (Å²) < 4.78 is 5.49. The number of hydrogen-bond acceptors (Lipinski definition) is 4. The fourth-order valence-corrected chi connectivity index (χ4v) is 1.70. The Balaban J connectivity index is 2.44. The van der Waals surface area contributed by atoms with Crippen LogP contribution in [0.4, 0.5) is 5.69 Å². The first kappa shape index (κ1) is 16.8. The molecule has 0 aromatic heterocycles. The maximum absolute atomic E-state index is 12.1. The van der Waals surface area contributed by atoms with Gasteiger partial charge in [0.1, 0.15) is 5.75 Å². The molecule has 1 aromatic rings. The van der Waals surface area contributed by atoms with E-state index in [9.17, 15) is 9.59 Å². The van der Waals surface area contributed by atoms with Crippen LogP contribution in [0, 0.1) is 0 Å². The van der Waals surface area contributed by atoms with Gasteiger partial charge in [0.05, 0.1) is 25.3 Å². The van der Waals surface area contributed by atoms with Gasteiger partial charge in [-0.2, -0.15) is 0 Å². The van der Waals surface area contributed by atoms with Gasteiger partial charge in [0.2, 0.25) is 11.8 Å².